The van der Waals surface area contributed by atoms with E-state index in [1.807, 2.05) is 0 Å². The Morgan fingerprint density at radius 1 is 1.09 bits per heavy atom. The second-order valence-corrected chi connectivity index (χ2v) is 4.97. The molecule has 62 valence electrons. The Morgan fingerprint density at radius 3 is 2.00 bits per heavy atom. The van der Waals surface area contributed by atoms with E-state index in [9.17, 15) is 4.79 Å². The summed E-state index contributed by atoms with van der Waals surface area (Å²) in [5.74, 6) is 0.525. The maximum atomic E-state index is 11.6. The molecule has 2 bridgehead atoms. The van der Waals surface area contributed by atoms with E-state index in [1.165, 1.54) is 12.8 Å². The zero-order chi connectivity index (χ0) is 8.11. The average molecular weight is 152 g/mol. The van der Waals surface area contributed by atoms with Gasteiger partial charge in [0.2, 0.25) is 0 Å². The van der Waals surface area contributed by atoms with Crippen molar-refractivity contribution in [2.75, 3.05) is 0 Å². The number of carbonyl (C=O) groups is 1. The first-order chi connectivity index (χ1) is 5.04. The fourth-order valence-corrected chi connectivity index (χ4v) is 2.46. The van der Waals surface area contributed by atoms with Gasteiger partial charge in [-0.1, -0.05) is 13.8 Å². The molecule has 0 saturated heterocycles. The van der Waals surface area contributed by atoms with Crippen LogP contribution in [-0.2, 0) is 4.79 Å². The van der Waals surface area contributed by atoms with Crippen molar-refractivity contribution in [3.8, 4) is 0 Å². The summed E-state index contributed by atoms with van der Waals surface area (Å²) in [6.45, 7) is 4.41. The Morgan fingerprint density at radius 2 is 1.64 bits per heavy atom. The molecule has 3 aliphatic carbocycles. The standard InChI is InChI=1S/C10H16O/c1-9-3-5-10(2,6-4-9)8(11)7-9/h3-7H2,1-2H3. The van der Waals surface area contributed by atoms with Gasteiger partial charge in [-0.25, -0.2) is 0 Å². The Kier molecular flexibility index (Phi) is 1.25. The van der Waals surface area contributed by atoms with Crippen molar-refractivity contribution in [1.29, 1.82) is 0 Å². The summed E-state index contributed by atoms with van der Waals surface area (Å²) >= 11 is 0. The third-order valence-corrected chi connectivity index (χ3v) is 3.82. The van der Waals surface area contributed by atoms with Gasteiger partial charge in [0.15, 0.2) is 0 Å². The van der Waals surface area contributed by atoms with E-state index in [2.05, 4.69) is 13.8 Å². The van der Waals surface area contributed by atoms with Crippen LogP contribution in [0.2, 0.25) is 0 Å². The van der Waals surface area contributed by atoms with Gasteiger partial charge in [-0.15, -0.1) is 0 Å². The molecule has 0 radical (unpaired) electrons. The molecule has 3 rings (SSSR count). The van der Waals surface area contributed by atoms with Gasteiger partial charge >= 0.3 is 0 Å². The van der Waals surface area contributed by atoms with Crippen molar-refractivity contribution in [2.45, 2.75) is 46.0 Å². The average Bonchev–Trinajstić information content (AvgIpc) is 1.94. The third kappa shape index (κ3) is 0.935. The van der Waals surface area contributed by atoms with Crippen molar-refractivity contribution >= 4 is 5.78 Å². The molecule has 0 amide bonds. The molecule has 3 aliphatic rings. The summed E-state index contributed by atoms with van der Waals surface area (Å²) in [5, 5.41) is 0. The Bertz CT molecular complexity index is 197. The van der Waals surface area contributed by atoms with Gasteiger partial charge in [0.25, 0.3) is 0 Å². The molecular weight excluding hydrogens is 136 g/mol. The van der Waals surface area contributed by atoms with Crippen molar-refractivity contribution in [3.05, 3.63) is 0 Å². The highest BCUT2D eigenvalue weighted by Gasteiger charge is 2.48. The first-order valence-electron chi connectivity index (χ1n) is 4.58. The minimum atomic E-state index is 0.0811. The molecule has 0 aromatic heterocycles. The molecule has 0 spiro atoms. The number of fused-ring (bicyclic) bond motifs is 3. The number of carbonyl (C=O) groups excluding carboxylic acids is 1. The van der Waals surface area contributed by atoms with Gasteiger partial charge in [0, 0.05) is 11.8 Å². The summed E-state index contributed by atoms with van der Waals surface area (Å²) in [5.41, 5.74) is 0.465. The van der Waals surface area contributed by atoms with Crippen molar-refractivity contribution in [3.63, 3.8) is 0 Å². The van der Waals surface area contributed by atoms with Crippen molar-refractivity contribution in [1.82, 2.24) is 0 Å². The van der Waals surface area contributed by atoms with Gasteiger partial charge < -0.3 is 0 Å². The zero-order valence-corrected chi connectivity index (χ0v) is 7.44. The molecular formula is C10H16O. The highest BCUT2D eigenvalue weighted by molar-refractivity contribution is 5.86. The lowest BCUT2D eigenvalue weighted by atomic mass is 9.54. The Hall–Kier alpha value is -0.330. The highest BCUT2D eigenvalue weighted by Crippen LogP contribution is 2.54. The van der Waals surface area contributed by atoms with E-state index < -0.39 is 0 Å². The predicted molar refractivity (Wildman–Crippen MR) is 44.3 cm³/mol. The summed E-state index contributed by atoms with van der Waals surface area (Å²) in [7, 11) is 0. The molecule has 1 heteroatoms. The van der Waals surface area contributed by atoms with E-state index in [1.54, 1.807) is 0 Å². The number of hydrogen-bond donors (Lipinski definition) is 0. The molecule has 1 nitrogen and oxygen atoms in total. The van der Waals surface area contributed by atoms with Crippen molar-refractivity contribution < 1.29 is 4.79 Å². The smallest absolute Gasteiger partial charge is 0.139 e. The Labute approximate surface area is 68.2 Å². The molecule has 11 heavy (non-hydrogen) atoms. The van der Waals surface area contributed by atoms with Gasteiger partial charge in [0.1, 0.15) is 5.78 Å². The molecule has 0 aliphatic heterocycles. The molecule has 0 N–H and O–H groups in total. The number of rotatable bonds is 0. The minimum Gasteiger partial charge on any atom is -0.299 e. The van der Waals surface area contributed by atoms with E-state index in [0.29, 0.717) is 11.2 Å². The number of hydrogen-bond acceptors (Lipinski definition) is 1. The van der Waals surface area contributed by atoms with Crippen LogP contribution >= 0.6 is 0 Å². The molecule has 0 unspecified atom stereocenters. The second-order valence-electron chi connectivity index (χ2n) is 4.97. The van der Waals surface area contributed by atoms with Crippen molar-refractivity contribution in [2.24, 2.45) is 10.8 Å². The topological polar surface area (TPSA) is 17.1 Å². The second kappa shape index (κ2) is 1.88. The maximum absolute atomic E-state index is 11.6. The maximum Gasteiger partial charge on any atom is 0.139 e. The lowest BCUT2D eigenvalue weighted by Crippen LogP contribution is -2.45. The molecule has 0 atom stereocenters. The van der Waals surface area contributed by atoms with E-state index in [-0.39, 0.29) is 5.41 Å². The number of Topliss-reactive ketones (excluding diaryl/α,β-unsaturated/α-hetero) is 1. The molecule has 3 saturated carbocycles. The van der Waals surface area contributed by atoms with Crippen LogP contribution in [0.1, 0.15) is 46.0 Å². The molecule has 3 fully saturated rings. The van der Waals surface area contributed by atoms with Gasteiger partial charge in [-0.3, -0.25) is 4.79 Å². The van der Waals surface area contributed by atoms with Crippen LogP contribution in [0.15, 0.2) is 0 Å². The van der Waals surface area contributed by atoms with Crippen LogP contribution in [-0.4, -0.2) is 5.78 Å². The lowest BCUT2D eigenvalue weighted by Gasteiger charge is -2.49. The van der Waals surface area contributed by atoms with Crippen LogP contribution < -0.4 is 0 Å². The quantitative estimate of drug-likeness (QED) is 0.521. The summed E-state index contributed by atoms with van der Waals surface area (Å²) in [6, 6.07) is 0. The minimum absolute atomic E-state index is 0.0811. The summed E-state index contributed by atoms with van der Waals surface area (Å²) < 4.78 is 0. The monoisotopic (exact) mass is 152 g/mol. The number of ketones is 1. The largest absolute Gasteiger partial charge is 0.299 e. The van der Waals surface area contributed by atoms with E-state index >= 15 is 0 Å². The highest BCUT2D eigenvalue weighted by atomic mass is 16.1. The fourth-order valence-electron chi connectivity index (χ4n) is 2.46. The Balaban J connectivity index is 2.29. The van der Waals surface area contributed by atoms with Gasteiger partial charge in [0.05, 0.1) is 0 Å². The van der Waals surface area contributed by atoms with Crippen LogP contribution in [0.4, 0.5) is 0 Å². The lowest BCUT2D eigenvalue weighted by molar-refractivity contribution is -0.141. The van der Waals surface area contributed by atoms with Crippen LogP contribution in [0.3, 0.4) is 0 Å². The van der Waals surface area contributed by atoms with Crippen LogP contribution in [0, 0.1) is 10.8 Å². The fraction of sp³-hybridized carbons (Fsp3) is 0.900. The first-order valence-corrected chi connectivity index (χ1v) is 4.58. The van der Waals surface area contributed by atoms with Gasteiger partial charge in [-0.2, -0.15) is 0 Å². The van der Waals surface area contributed by atoms with Crippen LogP contribution in [0.5, 0.6) is 0 Å². The molecule has 0 aromatic rings. The first kappa shape index (κ1) is 7.33. The zero-order valence-electron chi connectivity index (χ0n) is 7.44. The molecule has 0 aromatic carbocycles. The summed E-state index contributed by atoms with van der Waals surface area (Å²) in [4.78, 5) is 11.6. The van der Waals surface area contributed by atoms with Crippen LogP contribution in [0.25, 0.3) is 0 Å². The van der Waals surface area contributed by atoms with Gasteiger partial charge in [-0.05, 0) is 31.1 Å². The third-order valence-electron chi connectivity index (χ3n) is 3.82. The SMILES string of the molecule is CC12CCC(C)(CC1)C(=O)C2. The predicted octanol–water partition coefficient (Wildman–Crippen LogP) is 2.55. The normalized spacial score (nSPS) is 49.8. The van der Waals surface area contributed by atoms with E-state index in [0.717, 1.165) is 19.3 Å². The summed E-state index contributed by atoms with van der Waals surface area (Å²) in [6.07, 6.45) is 5.68. The molecule has 0 heterocycles. The van der Waals surface area contributed by atoms with E-state index in [4.69, 9.17) is 0 Å².